The van der Waals surface area contributed by atoms with Crippen molar-refractivity contribution in [2.75, 3.05) is 0 Å². The molecule has 0 aliphatic heterocycles. The van der Waals surface area contributed by atoms with Crippen LogP contribution in [0, 0.1) is 0 Å². The fourth-order valence-corrected chi connectivity index (χ4v) is 4.23. The first-order valence-electron chi connectivity index (χ1n) is 4.54. The molecule has 4 heteroatoms. The van der Waals surface area contributed by atoms with E-state index in [1.54, 1.807) is 0 Å². The van der Waals surface area contributed by atoms with Gasteiger partial charge in [0.15, 0.2) is 0 Å². The predicted octanol–water partition coefficient (Wildman–Crippen LogP) is 3.54. The minimum Gasteiger partial charge on any atom is -0.444 e. The van der Waals surface area contributed by atoms with Gasteiger partial charge < -0.3 is 4.52 Å². The molecule has 0 amide bonds. The summed E-state index contributed by atoms with van der Waals surface area (Å²) in [5.74, 6) is -0.170. The summed E-state index contributed by atoms with van der Waals surface area (Å²) in [4.78, 5) is 10.9. The number of hydrogen-bond acceptors (Lipinski definition) is 2. The van der Waals surface area contributed by atoms with E-state index in [1.165, 1.54) is 6.92 Å². The molecule has 0 heterocycles. The molecule has 0 aliphatic rings. The molecule has 0 aromatic carbocycles. The molecule has 0 spiro atoms. The third-order valence-corrected chi connectivity index (χ3v) is 4.32. The van der Waals surface area contributed by atoms with Gasteiger partial charge in [0.05, 0.1) is 0 Å². The number of carbonyl (C=O) groups is 1. The number of hydrogen-bond donors (Lipinski definition) is 0. The van der Waals surface area contributed by atoms with Crippen LogP contribution in [0.2, 0.25) is 0 Å². The van der Waals surface area contributed by atoms with Crippen LogP contribution in [0.3, 0.4) is 0 Å². The first-order valence-corrected chi connectivity index (χ1v) is 5.80. The largest absolute Gasteiger partial charge is 0.444 e. The van der Waals surface area contributed by atoms with Crippen molar-refractivity contribution in [2.24, 2.45) is 0 Å². The zero-order chi connectivity index (χ0) is 10.9. The summed E-state index contributed by atoms with van der Waals surface area (Å²) in [5, 5.41) is 0.110. The van der Waals surface area contributed by atoms with Crippen molar-refractivity contribution < 1.29 is 29.7 Å². The average Bonchev–Trinajstić information content (AvgIpc) is 1.77. The molecule has 0 aromatic heterocycles. The Morgan fingerprint density at radius 2 is 1.29 bits per heavy atom. The van der Waals surface area contributed by atoms with Gasteiger partial charge in [0, 0.05) is 37.7 Å². The molecule has 0 saturated heterocycles. The summed E-state index contributed by atoms with van der Waals surface area (Å²) in [5.41, 5.74) is 0. The maximum Gasteiger partial charge on any atom is 0.305 e. The van der Waals surface area contributed by atoms with Gasteiger partial charge >= 0.3 is 5.97 Å². The zero-order valence-corrected chi connectivity index (χ0v) is 12.5. The Labute approximate surface area is 103 Å². The van der Waals surface area contributed by atoms with Crippen LogP contribution >= 0.6 is 8.15 Å². The molecule has 2 nitrogen and oxygen atoms in total. The third-order valence-electron chi connectivity index (χ3n) is 1.44. The Balaban J connectivity index is 0. The summed E-state index contributed by atoms with van der Waals surface area (Å²) in [6, 6.07) is 0. The van der Waals surface area contributed by atoms with E-state index in [0.29, 0.717) is 0 Å². The maximum absolute atomic E-state index is 10.9. The van der Waals surface area contributed by atoms with Gasteiger partial charge in [-0.1, -0.05) is 41.5 Å². The van der Waals surface area contributed by atoms with Gasteiger partial charge in [-0.05, 0) is 0 Å². The van der Waals surface area contributed by atoms with Crippen LogP contribution < -0.4 is 0 Å². The molecular weight excluding hydrogens is 290 g/mol. The monoisotopic (exact) mass is 310 g/mol. The van der Waals surface area contributed by atoms with Crippen molar-refractivity contribution in [3.63, 3.8) is 0 Å². The SMILES string of the molecule is CC(=O)OP(C(C)(C)C)C(C)(C)C.[Pd]. The fraction of sp³-hybridized carbons (Fsp3) is 0.900. The minimum atomic E-state index is -0.732. The topological polar surface area (TPSA) is 26.3 Å². The second-order valence-electron chi connectivity index (χ2n) is 5.22. The van der Waals surface area contributed by atoms with Crippen molar-refractivity contribution in [1.82, 2.24) is 0 Å². The minimum absolute atomic E-state index is 0. The smallest absolute Gasteiger partial charge is 0.305 e. The van der Waals surface area contributed by atoms with E-state index in [2.05, 4.69) is 41.5 Å². The quantitative estimate of drug-likeness (QED) is 0.547. The van der Waals surface area contributed by atoms with Crippen molar-refractivity contribution in [1.29, 1.82) is 0 Å². The van der Waals surface area contributed by atoms with E-state index < -0.39 is 8.15 Å². The second-order valence-corrected chi connectivity index (χ2v) is 8.67. The molecule has 0 N–H and O–H groups in total. The van der Waals surface area contributed by atoms with Gasteiger partial charge in [0.1, 0.15) is 8.15 Å². The summed E-state index contributed by atoms with van der Waals surface area (Å²) >= 11 is 0. The van der Waals surface area contributed by atoms with E-state index in [4.69, 9.17) is 4.52 Å². The van der Waals surface area contributed by atoms with Gasteiger partial charge in [-0.2, -0.15) is 0 Å². The van der Waals surface area contributed by atoms with Gasteiger partial charge in [-0.25, -0.2) is 0 Å². The summed E-state index contributed by atoms with van der Waals surface area (Å²) in [6.07, 6.45) is 0. The summed E-state index contributed by atoms with van der Waals surface area (Å²) in [6.45, 7) is 14.2. The van der Waals surface area contributed by atoms with Crippen LogP contribution in [-0.2, 0) is 29.7 Å². The molecule has 0 radical (unpaired) electrons. The Hall–Kier alpha value is 0.562. The van der Waals surface area contributed by atoms with Gasteiger partial charge in [0.2, 0.25) is 0 Å². The number of carbonyl (C=O) groups excluding carboxylic acids is 1. The molecule has 0 bridgehead atoms. The first-order chi connectivity index (χ1) is 5.55. The standard InChI is InChI=1S/C10H21O2P.Pd/c1-8(11)12-13(9(2,3)4)10(5,6)7;/h1-7H3;. The molecule has 88 valence electrons. The molecule has 0 rings (SSSR count). The van der Waals surface area contributed by atoms with Crippen LogP contribution in [0.4, 0.5) is 0 Å². The molecule has 0 unspecified atom stereocenters. The van der Waals surface area contributed by atoms with Gasteiger partial charge in [-0.15, -0.1) is 0 Å². The maximum atomic E-state index is 10.9. The average molecular weight is 311 g/mol. The van der Waals surface area contributed by atoms with Crippen LogP contribution in [0.1, 0.15) is 48.5 Å². The van der Waals surface area contributed by atoms with Crippen molar-refractivity contribution in [3.05, 3.63) is 0 Å². The Kier molecular flexibility index (Phi) is 6.78. The van der Waals surface area contributed by atoms with Gasteiger partial charge in [-0.3, -0.25) is 4.79 Å². The van der Waals surface area contributed by atoms with E-state index in [9.17, 15) is 4.79 Å². The molecule has 14 heavy (non-hydrogen) atoms. The van der Waals surface area contributed by atoms with Crippen molar-refractivity contribution in [3.8, 4) is 0 Å². The van der Waals surface area contributed by atoms with Crippen molar-refractivity contribution in [2.45, 2.75) is 58.8 Å². The molecule has 0 aliphatic carbocycles. The second kappa shape index (κ2) is 5.59. The van der Waals surface area contributed by atoms with E-state index in [-0.39, 0.29) is 36.7 Å². The molecule has 0 aromatic rings. The molecule has 0 saturated carbocycles. The molecule has 0 fully saturated rings. The Morgan fingerprint density at radius 3 is 1.36 bits per heavy atom. The van der Waals surface area contributed by atoms with Crippen LogP contribution in [0.5, 0.6) is 0 Å². The molecule has 0 atom stereocenters. The third kappa shape index (κ3) is 6.12. The first kappa shape index (κ1) is 17.0. The summed E-state index contributed by atoms with van der Waals surface area (Å²) < 4.78 is 5.41. The zero-order valence-electron chi connectivity index (χ0n) is 10.1. The van der Waals surface area contributed by atoms with Crippen LogP contribution in [0.25, 0.3) is 0 Å². The Morgan fingerprint density at radius 1 is 1.00 bits per heavy atom. The molecular formula is C10H21O2PPd. The Bertz CT molecular complexity index is 177. The number of rotatable bonds is 1. The van der Waals surface area contributed by atoms with Crippen LogP contribution in [-0.4, -0.2) is 16.3 Å². The van der Waals surface area contributed by atoms with Gasteiger partial charge in [0.25, 0.3) is 0 Å². The van der Waals surface area contributed by atoms with Crippen LogP contribution in [0.15, 0.2) is 0 Å². The van der Waals surface area contributed by atoms with E-state index in [0.717, 1.165) is 0 Å². The fourth-order valence-electron chi connectivity index (χ4n) is 1.41. The summed E-state index contributed by atoms with van der Waals surface area (Å²) in [7, 11) is -0.732. The van der Waals surface area contributed by atoms with E-state index >= 15 is 0 Å². The predicted molar refractivity (Wildman–Crippen MR) is 58.2 cm³/mol. The van der Waals surface area contributed by atoms with E-state index in [1.807, 2.05) is 0 Å². The normalized spacial score (nSPS) is 12.3. The van der Waals surface area contributed by atoms with Crippen molar-refractivity contribution >= 4 is 14.1 Å².